The Kier molecular flexibility index (Phi) is 4.87. The average Bonchev–Trinajstić information content (AvgIpc) is 3.25. The van der Waals surface area contributed by atoms with Crippen LogP contribution in [0.15, 0.2) is 46.1 Å². The van der Waals surface area contributed by atoms with E-state index in [1.54, 1.807) is 24.3 Å². The molecule has 1 amide bonds. The van der Waals surface area contributed by atoms with E-state index in [9.17, 15) is 24.3 Å². The highest BCUT2D eigenvalue weighted by molar-refractivity contribution is 5.95. The minimum Gasteiger partial charge on any atom is -0.477 e. The Morgan fingerprint density at radius 2 is 1.84 bits per heavy atom. The van der Waals surface area contributed by atoms with Crippen molar-refractivity contribution in [2.75, 3.05) is 11.1 Å². The van der Waals surface area contributed by atoms with E-state index in [-0.39, 0.29) is 41.5 Å². The molecule has 31 heavy (non-hydrogen) atoms. The minimum absolute atomic E-state index is 0.0768. The highest BCUT2D eigenvalue weighted by Crippen LogP contribution is 2.13. The third kappa shape index (κ3) is 3.69. The van der Waals surface area contributed by atoms with Crippen LogP contribution in [-0.2, 0) is 13.1 Å². The lowest BCUT2D eigenvalue weighted by atomic mass is 10.1. The Balaban J connectivity index is 1.44. The SMILES string of the molecule is Nc1c(NCc2cccc(CNC(=O)c3cc(C(=O)O)n4nncc4n3)c2)c(=O)c1=O. The zero-order chi connectivity index (χ0) is 22.1. The van der Waals surface area contributed by atoms with Gasteiger partial charge in [0.1, 0.15) is 17.1 Å². The molecule has 4 rings (SSSR count). The second kappa shape index (κ2) is 7.67. The number of anilines is 2. The van der Waals surface area contributed by atoms with E-state index in [0.717, 1.165) is 21.7 Å². The first-order valence-electron chi connectivity index (χ1n) is 8.98. The number of nitrogens with one attached hydrogen (secondary N) is 2. The fourth-order valence-electron chi connectivity index (χ4n) is 2.99. The summed E-state index contributed by atoms with van der Waals surface area (Å²) in [5.41, 5.74) is 5.57. The number of carbonyl (C=O) groups excluding carboxylic acids is 1. The van der Waals surface area contributed by atoms with E-state index in [1.165, 1.54) is 6.20 Å². The van der Waals surface area contributed by atoms with Crippen molar-refractivity contribution in [3.63, 3.8) is 0 Å². The molecule has 0 aliphatic rings. The Bertz CT molecular complexity index is 1400. The zero-order valence-electron chi connectivity index (χ0n) is 15.8. The van der Waals surface area contributed by atoms with E-state index >= 15 is 0 Å². The van der Waals surface area contributed by atoms with Gasteiger partial charge in [0.15, 0.2) is 11.3 Å². The number of aromatic carboxylic acids is 1. The van der Waals surface area contributed by atoms with Gasteiger partial charge in [0.2, 0.25) is 0 Å². The van der Waals surface area contributed by atoms with Crippen LogP contribution in [-0.4, -0.2) is 36.8 Å². The van der Waals surface area contributed by atoms with Gasteiger partial charge in [-0.2, -0.15) is 4.52 Å². The summed E-state index contributed by atoms with van der Waals surface area (Å²) in [6.45, 7) is 0.424. The van der Waals surface area contributed by atoms with Gasteiger partial charge in [-0.05, 0) is 11.1 Å². The van der Waals surface area contributed by atoms with Crippen LogP contribution >= 0.6 is 0 Å². The first-order valence-corrected chi connectivity index (χ1v) is 8.98. The molecule has 0 atom stereocenters. The van der Waals surface area contributed by atoms with Crippen LogP contribution in [0.3, 0.4) is 0 Å². The average molecular weight is 421 g/mol. The summed E-state index contributed by atoms with van der Waals surface area (Å²) in [6.07, 6.45) is 1.25. The van der Waals surface area contributed by atoms with Gasteiger partial charge in [0.25, 0.3) is 16.8 Å². The second-order valence-electron chi connectivity index (χ2n) is 6.64. The van der Waals surface area contributed by atoms with Gasteiger partial charge in [0.05, 0.1) is 6.20 Å². The largest absolute Gasteiger partial charge is 0.477 e. The summed E-state index contributed by atoms with van der Waals surface area (Å²) in [4.78, 5) is 50.6. The second-order valence-corrected chi connectivity index (χ2v) is 6.64. The fraction of sp³-hybridized carbons (Fsp3) is 0.105. The maximum atomic E-state index is 12.5. The van der Waals surface area contributed by atoms with E-state index in [0.29, 0.717) is 0 Å². The number of hydrogen-bond donors (Lipinski definition) is 4. The monoisotopic (exact) mass is 421 g/mol. The van der Waals surface area contributed by atoms with Crippen LogP contribution in [0.1, 0.15) is 32.1 Å². The molecule has 2 heterocycles. The molecule has 0 spiro atoms. The summed E-state index contributed by atoms with van der Waals surface area (Å²) < 4.78 is 1.03. The number of nitrogens with two attached hydrogens (primary N) is 1. The molecule has 0 unspecified atom stereocenters. The lowest BCUT2D eigenvalue weighted by molar-refractivity contribution is 0.0687. The van der Waals surface area contributed by atoms with Gasteiger partial charge in [-0.25, -0.2) is 9.78 Å². The van der Waals surface area contributed by atoms with Crippen LogP contribution in [0.5, 0.6) is 0 Å². The lowest BCUT2D eigenvalue weighted by Gasteiger charge is -2.11. The summed E-state index contributed by atoms with van der Waals surface area (Å²) in [5.74, 6) is -1.83. The summed E-state index contributed by atoms with van der Waals surface area (Å²) >= 11 is 0. The van der Waals surface area contributed by atoms with Crippen molar-refractivity contribution in [2.24, 2.45) is 0 Å². The van der Waals surface area contributed by atoms with Crippen molar-refractivity contribution in [1.82, 2.24) is 25.1 Å². The smallest absolute Gasteiger partial charge is 0.354 e. The topological polar surface area (TPSA) is 182 Å². The highest BCUT2D eigenvalue weighted by atomic mass is 16.4. The first-order chi connectivity index (χ1) is 14.8. The van der Waals surface area contributed by atoms with Gasteiger partial charge in [-0.3, -0.25) is 14.4 Å². The van der Waals surface area contributed by atoms with Gasteiger partial charge < -0.3 is 21.5 Å². The van der Waals surface area contributed by atoms with Gasteiger partial charge >= 0.3 is 5.97 Å². The molecule has 4 aromatic rings. The number of nitrogen functional groups attached to an aromatic ring is 1. The molecule has 0 bridgehead atoms. The molecular formula is C19H15N7O5. The Labute approximate surface area is 173 Å². The van der Waals surface area contributed by atoms with Crippen LogP contribution in [0.2, 0.25) is 0 Å². The molecule has 156 valence electrons. The van der Waals surface area contributed by atoms with Crippen molar-refractivity contribution in [3.8, 4) is 0 Å². The normalized spacial score (nSPS) is 11.0. The summed E-state index contributed by atoms with van der Waals surface area (Å²) in [6, 6.07) is 8.29. The number of rotatable bonds is 7. The number of amides is 1. The molecule has 12 nitrogen and oxygen atoms in total. The van der Waals surface area contributed by atoms with Gasteiger partial charge in [0, 0.05) is 19.2 Å². The number of carbonyl (C=O) groups is 2. The highest BCUT2D eigenvalue weighted by Gasteiger charge is 2.18. The van der Waals surface area contributed by atoms with Crippen molar-refractivity contribution < 1.29 is 14.7 Å². The summed E-state index contributed by atoms with van der Waals surface area (Å²) in [7, 11) is 0. The van der Waals surface area contributed by atoms with Crippen LogP contribution < -0.4 is 27.2 Å². The van der Waals surface area contributed by atoms with Gasteiger partial charge in [-0.1, -0.05) is 29.5 Å². The Morgan fingerprint density at radius 3 is 2.55 bits per heavy atom. The van der Waals surface area contributed by atoms with E-state index in [4.69, 9.17) is 5.73 Å². The maximum Gasteiger partial charge on any atom is 0.354 e. The Morgan fingerprint density at radius 1 is 1.10 bits per heavy atom. The van der Waals surface area contributed by atoms with Crippen molar-refractivity contribution in [1.29, 1.82) is 0 Å². The third-order valence-electron chi connectivity index (χ3n) is 4.58. The van der Waals surface area contributed by atoms with E-state index in [2.05, 4.69) is 25.9 Å². The summed E-state index contributed by atoms with van der Waals surface area (Å²) in [5, 5.41) is 22.0. The lowest BCUT2D eigenvalue weighted by Crippen LogP contribution is -2.36. The molecular weight excluding hydrogens is 406 g/mol. The van der Waals surface area contributed by atoms with Crippen molar-refractivity contribution in [2.45, 2.75) is 13.1 Å². The molecule has 0 saturated heterocycles. The zero-order valence-corrected chi connectivity index (χ0v) is 15.8. The molecule has 0 saturated carbocycles. The molecule has 12 heteroatoms. The first kappa shape index (κ1) is 19.7. The predicted octanol–water partition coefficient (Wildman–Crippen LogP) is -0.457. The molecule has 0 aliphatic carbocycles. The fourth-order valence-corrected chi connectivity index (χ4v) is 2.99. The number of fused-ring (bicyclic) bond motifs is 1. The van der Waals surface area contributed by atoms with E-state index in [1.807, 2.05) is 0 Å². The number of carboxylic acid groups (broad SMARTS) is 1. The molecule has 5 N–H and O–H groups in total. The van der Waals surface area contributed by atoms with E-state index < -0.39 is 22.7 Å². The maximum absolute atomic E-state index is 12.5. The molecule has 0 radical (unpaired) electrons. The minimum atomic E-state index is -1.27. The predicted molar refractivity (Wildman–Crippen MR) is 108 cm³/mol. The number of aromatic nitrogens is 4. The molecule has 0 aliphatic heterocycles. The molecule has 2 aromatic heterocycles. The van der Waals surface area contributed by atoms with Crippen LogP contribution in [0, 0.1) is 0 Å². The number of benzene rings is 1. The van der Waals surface area contributed by atoms with Crippen molar-refractivity contribution in [3.05, 3.63) is 79.5 Å². The Hall–Kier alpha value is -4.61. The third-order valence-corrected chi connectivity index (χ3v) is 4.58. The number of nitrogens with zero attached hydrogens (tertiary/aromatic N) is 4. The molecule has 2 aromatic carbocycles. The number of hydrogen-bond acceptors (Lipinski definition) is 9. The van der Waals surface area contributed by atoms with Gasteiger partial charge in [-0.15, -0.1) is 5.10 Å². The van der Waals surface area contributed by atoms with Crippen LogP contribution in [0.25, 0.3) is 5.65 Å². The standard InChI is InChI=1S/C19H15N7O5/c20-14-15(17(28)16(14)27)21-6-9-2-1-3-10(4-9)7-22-18(29)11-5-12(19(30)31)26-13(24-11)8-23-25-26/h1-5,8,21H,6-7,20H2,(H,22,29)(H,30,31). The van der Waals surface area contributed by atoms with Crippen molar-refractivity contribution >= 4 is 28.9 Å². The van der Waals surface area contributed by atoms with Crippen LogP contribution in [0.4, 0.5) is 11.4 Å². The quantitative estimate of drug-likeness (QED) is 0.285. The number of carboxylic acids is 1. The molecule has 0 fully saturated rings.